The topological polar surface area (TPSA) is 78.0 Å². The van der Waals surface area contributed by atoms with E-state index in [0.29, 0.717) is 45.2 Å². The monoisotopic (exact) mass is 481 g/mol. The fourth-order valence-corrected chi connectivity index (χ4v) is 7.04. The molecule has 2 aliphatic rings. The van der Waals surface area contributed by atoms with Gasteiger partial charge in [0.15, 0.2) is 0 Å². The first-order valence-corrected chi connectivity index (χ1v) is 13.7. The highest BCUT2D eigenvalue weighted by molar-refractivity contribution is 7.89. The molecule has 0 N–H and O–H groups in total. The molecule has 32 heavy (non-hydrogen) atoms. The van der Waals surface area contributed by atoms with Gasteiger partial charge in [0.05, 0.1) is 9.79 Å². The molecule has 2 aliphatic heterocycles. The predicted molar refractivity (Wildman–Crippen MR) is 121 cm³/mol. The largest absolute Gasteiger partial charge is 0.369 e. The molecule has 7 nitrogen and oxygen atoms in total. The van der Waals surface area contributed by atoms with Crippen LogP contribution in [0.15, 0.2) is 58.3 Å². The van der Waals surface area contributed by atoms with E-state index < -0.39 is 20.0 Å². The number of rotatable bonds is 5. The van der Waals surface area contributed by atoms with Crippen LogP contribution in [0.5, 0.6) is 0 Å². The van der Waals surface area contributed by atoms with Crippen LogP contribution in [0, 0.1) is 11.7 Å². The quantitative estimate of drug-likeness (QED) is 0.656. The lowest BCUT2D eigenvalue weighted by atomic mass is 10.0. The molecule has 4 rings (SSSR count). The number of piperidine rings is 1. The zero-order valence-electron chi connectivity index (χ0n) is 18.0. The molecule has 0 bridgehead atoms. The minimum Gasteiger partial charge on any atom is -0.369 e. The van der Waals surface area contributed by atoms with Crippen LogP contribution in [-0.4, -0.2) is 64.7 Å². The molecule has 2 aromatic rings. The van der Waals surface area contributed by atoms with E-state index in [1.54, 1.807) is 12.1 Å². The summed E-state index contributed by atoms with van der Waals surface area (Å²) in [7, 11) is -7.35. The van der Waals surface area contributed by atoms with Crippen molar-refractivity contribution in [3.8, 4) is 0 Å². The van der Waals surface area contributed by atoms with Crippen LogP contribution < -0.4 is 4.90 Å². The molecule has 0 unspecified atom stereocenters. The lowest BCUT2D eigenvalue weighted by Crippen LogP contribution is -2.48. The first kappa shape index (κ1) is 23.2. The van der Waals surface area contributed by atoms with Crippen molar-refractivity contribution in [3.05, 3.63) is 54.3 Å². The number of hydrogen-bond donors (Lipinski definition) is 0. The van der Waals surface area contributed by atoms with Crippen LogP contribution in [0.1, 0.15) is 19.8 Å². The van der Waals surface area contributed by atoms with Gasteiger partial charge < -0.3 is 4.90 Å². The van der Waals surface area contributed by atoms with Gasteiger partial charge in [0.25, 0.3) is 0 Å². The first-order valence-electron chi connectivity index (χ1n) is 10.8. The standard InChI is InChI=1S/C22H28FN3O4S2/c1-18-10-12-25(13-11-18)31(27,28)21-6-8-22(9-7-21)32(29,30)26-16-14-24(15-17-26)20-4-2-19(23)3-5-20/h2-9,18H,10-17H2,1H3. The fraction of sp³-hybridized carbons (Fsp3) is 0.455. The van der Waals surface area contributed by atoms with Crippen LogP contribution >= 0.6 is 0 Å². The van der Waals surface area contributed by atoms with E-state index in [0.717, 1.165) is 18.5 Å². The highest BCUT2D eigenvalue weighted by Crippen LogP contribution is 2.26. The second-order valence-corrected chi connectivity index (χ2v) is 12.3. The Hall–Kier alpha value is -2.01. The van der Waals surface area contributed by atoms with Crippen LogP contribution in [-0.2, 0) is 20.0 Å². The Labute approximate surface area is 189 Å². The Morgan fingerprint density at radius 2 is 1.12 bits per heavy atom. The Morgan fingerprint density at radius 1 is 0.688 bits per heavy atom. The van der Waals surface area contributed by atoms with E-state index in [9.17, 15) is 21.2 Å². The van der Waals surface area contributed by atoms with Crippen molar-refractivity contribution in [2.75, 3.05) is 44.2 Å². The maximum Gasteiger partial charge on any atom is 0.243 e. The number of sulfonamides is 2. The number of halogens is 1. The normalized spacial score (nSPS) is 19.9. The fourth-order valence-electron chi connectivity index (χ4n) is 4.15. The van der Waals surface area contributed by atoms with E-state index >= 15 is 0 Å². The van der Waals surface area contributed by atoms with Gasteiger partial charge in [-0.05, 0) is 67.3 Å². The third-order valence-electron chi connectivity index (χ3n) is 6.27. The molecule has 0 amide bonds. The van der Waals surface area contributed by atoms with Gasteiger partial charge >= 0.3 is 0 Å². The van der Waals surface area contributed by atoms with Crippen LogP contribution in [0.25, 0.3) is 0 Å². The van der Waals surface area contributed by atoms with E-state index in [1.165, 1.54) is 45.0 Å². The number of nitrogens with zero attached hydrogens (tertiary/aromatic N) is 3. The Morgan fingerprint density at radius 3 is 1.59 bits per heavy atom. The average Bonchev–Trinajstić information content (AvgIpc) is 2.80. The van der Waals surface area contributed by atoms with E-state index in [-0.39, 0.29) is 15.6 Å². The third-order valence-corrected chi connectivity index (χ3v) is 10.1. The third kappa shape index (κ3) is 4.68. The minimum absolute atomic E-state index is 0.0824. The maximum absolute atomic E-state index is 13.1. The molecule has 0 aliphatic carbocycles. The molecule has 174 valence electrons. The minimum atomic E-state index is -3.73. The molecule has 2 saturated heterocycles. The van der Waals surface area contributed by atoms with E-state index in [2.05, 4.69) is 6.92 Å². The molecule has 0 radical (unpaired) electrons. The number of benzene rings is 2. The van der Waals surface area contributed by atoms with Crippen molar-refractivity contribution in [2.45, 2.75) is 29.6 Å². The van der Waals surface area contributed by atoms with Gasteiger partial charge in [-0.1, -0.05) is 6.92 Å². The predicted octanol–water partition coefficient (Wildman–Crippen LogP) is 2.76. The van der Waals surface area contributed by atoms with Gasteiger partial charge in [0, 0.05) is 45.0 Å². The lowest BCUT2D eigenvalue weighted by molar-refractivity contribution is 0.288. The lowest BCUT2D eigenvalue weighted by Gasteiger charge is -2.35. The maximum atomic E-state index is 13.1. The summed E-state index contributed by atoms with van der Waals surface area (Å²) in [6.45, 7) is 4.67. The molecule has 0 spiro atoms. The first-order chi connectivity index (χ1) is 15.2. The zero-order valence-corrected chi connectivity index (χ0v) is 19.7. The molecule has 2 heterocycles. The summed E-state index contributed by atoms with van der Waals surface area (Å²) < 4.78 is 67.9. The van der Waals surface area contributed by atoms with Gasteiger partial charge in [-0.25, -0.2) is 21.2 Å². The van der Waals surface area contributed by atoms with Gasteiger partial charge in [-0.2, -0.15) is 8.61 Å². The summed E-state index contributed by atoms with van der Waals surface area (Å²) >= 11 is 0. The van der Waals surface area contributed by atoms with Gasteiger partial charge in [0.1, 0.15) is 5.82 Å². The van der Waals surface area contributed by atoms with Crippen molar-refractivity contribution in [1.29, 1.82) is 0 Å². The van der Waals surface area contributed by atoms with E-state index in [4.69, 9.17) is 0 Å². The van der Waals surface area contributed by atoms with Crippen LogP contribution in [0.4, 0.5) is 10.1 Å². The summed E-state index contributed by atoms with van der Waals surface area (Å²) in [4.78, 5) is 2.21. The van der Waals surface area contributed by atoms with Gasteiger partial charge in [-0.3, -0.25) is 0 Å². The molecular weight excluding hydrogens is 453 g/mol. The molecule has 0 aromatic heterocycles. The highest BCUT2D eigenvalue weighted by atomic mass is 32.2. The van der Waals surface area contributed by atoms with E-state index in [1.807, 2.05) is 4.90 Å². The van der Waals surface area contributed by atoms with Crippen molar-refractivity contribution in [3.63, 3.8) is 0 Å². The summed E-state index contributed by atoms with van der Waals surface area (Å²) in [5.74, 6) is 0.202. The second kappa shape index (κ2) is 9.09. The molecule has 2 aromatic carbocycles. The summed E-state index contributed by atoms with van der Waals surface area (Å²) in [5, 5.41) is 0. The number of piperazine rings is 1. The summed E-state index contributed by atoms with van der Waals surface area (Å²) in [6, 6.07) is 11.7. The number of anilines is 1. The van der Waals surface area contributed by atoms with Gasteiger partial charge in [0.2, 0.25) is 20.0 Å². The Balaban J connectivity index is 1.44. The Kier molecular flexibility index (Phi) is 6.58. The molecule has 0 atom stereocenters. The zero-order chi connectivity index (χ0) is 22.9. The van der Waals surface area contributed by atoms with Crippen molar-refractivity contribution >= 4 is 25.7 Å². The molecular formula is C22H28FN3O4S2. The number of hydrogen-bond acceptors (Lipinski definition) is 5. The second-order valence-electron chi connectivity index (χ2n) is 8.43. The molecule has 0 saturated carbocycles. The van der Waals surface area contributed by atoms with Crippen LogP contribution in [0.2, 0.25) is 0 Å². The van der Waals surface area contributed by atoms with Crippen molar-refractivity contribution < 1.29 is 21.2 Å². The average molecular weight is 482 g/mol. The molecule has 2 fully saturated rings. The van der Waals surface area contributed by atoms with Crippen molar-refractivity contribution in [2.24, 2.45) is 5.92 Å². The van der Waals surface area contributed by atoms with Crippen LogP contribution in [0.3, 0.4) is 0 Å². The SMILES string of the molecule is CC1CCN(S(=O)(=O)c2ccc(S(=O)(=O)N3CCN(c4ccc(F)cc4)CC3)cc2)CC1. The summed E-state index contributed by atoms with van der Waals surface area (Å²) in [5.41, 5.74) is 0.852. The van der Waals surface area contributed by atoms with Gasteiger partial charge in [-0.15, -0.1) is 0 Å². The highest BCUT2D eigenvalue weighted by Gasteiger charge is 2.31. The smallest absolute Gasteiger partial charge is 0.243 e. The summed E-state index contributed by atoms with van der Waals surface area (Å²) in [6.07, 6.45) is 1.66. The Bertz CT molecular complexity index is 1140. The van der Waals surface area contributed by atoms with Crippen molar-refractivity contribution in [1.82, 2.24) is 8.61 Å². The molecule has 10 heteroatoms.